The smallest absolute Gasteiger partial charge is 0.0709 e. The summed E-state index contributed by atoms with van der Waals surface area (Å²) in [6.45, 7) is 5.84. The van der Waals surface area contributed by atoms with Crippen LogP contribution in [0.1, 0.15) is 12.6 Å². The van der Waals surface area contributed by atoms with Crippen LogP contribution in [0.2, 0.25) is 0 Å². The van der Waals surface area contributed by atoms with E-state index in [1.165, 1.54) is 10.8 Å². The minimum Gasteiger partial charge on any atom is -0.256 e. The van der Waals surface area contributed by atoms with Crippen molar-refractivity contribution in [1.82, 2.24) is 9.97 Å². The molecule has 0 N–H and O–H groups in total. The number of hydrogen-bond acceptors (Lipinski definition) is 2. The van der Waals surface area contributed by atoms with Crippen LogP contribution < -0.4 is 0 Å². The zero-order chi connectivity index (χ0) is 16.1. The first-order valence-corrected chi connectivity index (χ1v) is 7.55. The van der Waals surface area contributed by atoms with E-state index in [2.05, 4.69) is 40.8 Å². The van der Waals surface area contributed by atoms with Crippen LogP contribution in [0.4, 0.5) is 0 Å². The monoisotopic (exact) mass is 298 g/mol. The van der Waals surface area contributed by atoms with Crippen molar-refractivity contribution in [2.75, 3.05) is 0 Å². The molecule has 0 fully saturated rings. The number of pyridine rings is 2. The SMILES string of the molecule is C=C(C)c1ccc2ccccc2n1.c1ccc2ncccc2c1. The lowest BCUT2D eigenvalue weighted by atomic mass is 10.1. The Balaban J connectivity index is 0.000000140. The Hall–Kier alpha value is -3.00. The normalized spacial score (nSPS) is 10.1. The van der Waals surface area contributed by atoms with E-state index < -0.39 is 0 Å². The van der Waals surface area contributed by atoms with Gasteiger partial charge in [-0.05, 0) is 36.8 Å². The van der Waals surface area contributed by atoms with E-state index in [-0.39, 0.29) is 0 Å². The zero-order valence-corrected chi connectivity index (χ0v) is 13.1. The summed E-state index contributed by atoms with van der Waals surface area (Å²) < 4.78 is 0. The van der Waals surface area contributed by atoms with Gasteiger partial charge in [0.05, 0.1) is 16.7 Å². The standard InChI is InChI=1S/C12H11N.C9H7N/c1-9(2)11-8-7-10-5-3-4-6-12(10)13-11;1-2-6-9-8(4-1)5-3-7-10-9/h3-8H,1H2,2H3;1-7H. The highest BCUT2D eigenvalue weighted by Gasteiger charge is 1.96. The molecule has 0 unspecified atom stereocenters. The number of hydrogen-bond donors (Lipinski definition) is 0. The average Bonchev–Trinajstić information content (AvgIpc) is 2.62. The van der Waals surface area contributed by atoms with Gasteiger partial charge in [0, 0.05) is 17.0 Å². The molecule has 112 valence electrons. The summed E-state index contributed by atoms with van der Waals surface area (Å²) in [6, 6.07) is 24.3. The molecule has 2 heteroatoms. The van der Waals surface area contributed by atoms with Crippen molar-refractivity contribution < 1.29 is 0 Å². The zero-order valence-electron chi connectivity index (χ0n) is 13.1. The van der Waals surface area contributed by atoms with Crippen LogP contribution in [0.3, 0.4) is 0 Å². The van der Waals surface area contributed by atoms with E-state index in [1.807, 2.05) is 61.7 Å². The molecule has 0 spiro atoms. The summed E-state index contributed by atoms with van der Waals surface area (Å²) in [4.78, 5) is 8.66. The Morgan fingerprint density at radius 1 is 0.739 bits per heavy atom. The van der Waals surface area contributed by atoms with Gasteiger partial charge in [0.1, 0.15) is 0 Å². The van der Waals surface area contributed by atoms with Crippen molar-refractivity contribution in [3.8, 4) is 0 Å². The van der Waals surface area contributed by atoms with E-state index in [0.717, 1.165) is 22.3 Å². The number of aromatic nitrogens is 2. The van der Waals surface area contributed by atoms with Gasteiger partial charge in [-0.2, -0.15) is 0 Å². The molecule has 2 aromatic heterocycles. The van der Waals surface area contributed by atoms with Gasteiger partial charge >= 0.3 is 0 Å². The molecule has 23 heavy (non-hydrogen) atoms. The topological polar surface area (TPSA) is 25.8 Å². The molecule has 0 aliphatic heterocycles. The lowest BCUT2D eigenvalue weighted by molar-refractivity contribution is 1.34. The van der Waals surface area contributed by atoms with Crippen LogP contribution in [-0.2, 0) is 0 Å². The predicted molar refractivity (Wildman–Crippen MR) is 98.2 cm³/mol. The number of fused-ring (bicyclic) bond motifs is 2. The third-order valence-corrected chi connectivity index (χ3v) is 3.55. The molecule has 0 amide bonds. The molecule has 4 rings (SSSR count). The van der Waals surface area contributed by atoms with Gasteiger partial charge in [-0.1, -0.05) is 55.1 Å². The molecule has 2 aromatic carbocycles. The van der Waals surface area contributed by atoms with Gasteiger partial charge in [0.15, 0.2) is 0 Å². The molecular formula is C21H18N2. The van der Waals surface area contributed by atoms with E-state index in [4.69, 9.17) is 0 Å². The lowest BCUT2D eigenvalue weighted by Gasteiger charge is -2.00. The fourth-order valence-electron chi connectivity index (χ4n) is 2.32. The van der Waals surface area contributed by atoms with Gasteiger partial charge in [-0.25, -0.2) is 4.98 Å². The quantitative estimate of drug-likeness (QED) is 0.463. The first kappa shape index (κ1) is 14.9. The molecule has 0 atom stereocenters. The van der Waals surface area contributed by atoms with Crippen LogP contribution in [0.25, 0.3) is 27.4 Å². The maximum atomic E-state index is 4.48. The summed E-state index contributed by atoms with van der Waals surface area (Å²) >= 11 is 0. The second-order valence-corrected chi connectivity index (χ2v) is 5.37. The highest BCUT2D eigenvalue weighted by molar-refractivity contribution is 5.80. The molecule has 0 aliphatic rings. The summed E-state index contributed by atoms with van der Waals surface area (Å²) in [5.41, 5.74) is 4.07. The van der Waals surface area contributed by atoms with Gasteiger partial charge in [-0.3, -0.25) is 4.98 Å². The molecule has 0 saturated carbocycles. The number of benzene rings is 2. The average molecular weight is 298 g/mol. The van der Waals surface area contributed by atoms with Gasteiger partial charge in [-0.15, -0.1) is 0 Å². The van der Waals surface area contributed by atoms with Crippen molar-refractivity contribution >= 4 is 27.4 Å². The molecule has 0 radical (unpaired) electrons. The molecule has 4 aromatic rings. The third-order valence-electron chi connectivity index (χ3n) is 3.55. The van der Waals surface area contributed by atoms with Crippen LogP contribution in [0, 0.1) is 0 Å². The van der Waals surface area contributed by atoms with Gasteiger partial charge in [0.2, 0.25) is 0 Å². The van der Waals surface area contributed by atoms with Crippen LogP contribution in [0.15, 0.2) is 85.6 Å². The van der Waals surface area contributed by atoms with Crippen LogP contribution >= 0.6 is 0 Å². The van der Waals surface area contributed by atoms with Crippen LogP contribution in [0.5, 0.6) is 0 Å². The Labute approximate surface area is 136 Å². The fourth-order valence-corrected chi connectivity index (χ4v) is 2.32. The first-order valence-electron chi connectivity index (χ1n) is 7.55. The Kier molecular flexibility index (Phi) is 4.44. The molecular weight excluding hydrogens is 280 g/mol. The predicted octanol–water partition coefficient (Wildman–Crippen LogP) is 5.50. The maximum Gasteiger partial charge on any atom is 0.0709 e. The van der Waals surface area contributed by atoms with E-state index >= 15 is 0 Å². The molecule has 0 bridgehead atoms. The minimum atomic E-state index is 0.971. The summed E-state index contributed by atoms with van der Waals surface area (Å²) in [5.74, 6) is 0. The van der Waals surface area contributed by atoms with Crippen molar-refractivity contribution in [3.63, 3.8) is 0 Å². The second kappa shape index (κ2) is 6.84. The fraction of sp³-hybridized carbons (Fsp3) is 0.0476. The van der Waals surface area contributed by atoms with E-state index in [0.29, 0.717) is 0 Å². The number of para-hydroxylation sites is 2. The number of allylic oxidation sites excluding steroid dienone is 1. The second-order valence-electron chi connectivity index (χ2n) is 5.37. The van der Waals surface area contributed by atoms with E-state index in [1.54, 1.807) is 0 Å². The largest absolute Gasteiger partial charge is 0.256 e. The van der Waals surface area contributed by atoms with Crippen molar-refractivity contribution in [2.45, 2.75) is 6.92 Å². The summed E-state index contributed by atoms with van der Waals surface area (Å²) in [7, 11) is 0. The Bertz CT molecular complexity index is 892. The lowest BCUT2D eigenvalue weighted by Crippen LogP contribution is -1.85. The molecule has 0 saturated heterocycles. The molecule has 2 heterocycles. The summed E-state index contributed by atoms with van der Waals surface area (Å²) in [6.07, 6.45) is 1.81. The van der Waals surface area contributed by atoms with Crippen LogP contribution in [-0.4, -0.2) is 9.97 Å². The van der Waals surface area contributed by atoms with Crippen molar-refractivity contribution in [3.05, 3.63) is 91.3 Å². The minimum absolute atomic E-state index is 0.971. The molecule has 0 aliphatic carbocycles. The molecule has 2 nitrogen and oxygen atoms in total. The van der Waals surface area contributed by atoms with Crippen molar-refractivity contribution in [1.29, 1.82) is 0 Å². The van der Waals surface area contributed by atoms with Crippen molar-refractivity contribution in [2.24, 2.45) is 0 Å². The maximum absolute atomic E-state index is 4.48. The highest BCUT2D eigenvalue weighted by atomic mass is 14.7. The Morgan fingerprint density at radius 3 is 2.04 bits per heavy atom. The first-order chi connectivity index (χ1) is 11.2. The van der Waals surface area contributed by atoms with Gasteiger partial charge < -0.3 is 0 Å². The van der Waals surface area contributed by atoms with E-state index in [9.17, 15) is 0 Å². The third kappa shape index (κ3) is 3.61. The number of nitrogens with zero attached hydrogens (tertiary/aromatic N) is 2. The van der Waals surface area contributed by atoms with Gasteiger partial charge in [0.25, 0.3) is 0 Å². The number of rotatable bonds is 1. The summed E-state index contributed by atoms with van der Waals surface area (Å²) in [5, 5.41) is 2.37. The Morgan fingerprint density at radius 2 is 1.35 bits per heavy atom. The highest BCUT2D eigenvalue weighted by Crippen LogP contribution is 2.15.